The molecule has 0 aromatic heterocycles. The predicted molar refractivity (Wildman–Crippen MR) is 134 cm³/mol. The molecule has 0 radical (unpaired) electrons. The summed E-state index contributed by atoms with van der Waals surface area (Å²) in [5.41, 5.74) is 6.15. The minimum Gasteiger partial charge on any atom is -0.493 e. The van der Waals surface area contributed by atoms with Gasteiger partial charge in [-0.05, 0) is 47.0 Å². The zero-order valence-corrected chi connectivity index (χ0v) is 20.8. The van der Waals surface area contributed by atoms with E-state index in [1.165, 1.54) is 0 Å². The van der Waals surface area contributed by atoms with Crippen LogP contribution < -0.4 is 30.8 Å². The Hall–Kier alpha value is -3.27. The average Bonchev–Trinajstić information content (AvgIpc) is 2.87. The highest BCUT2D eigenvalue weighted by atomic mass is 79.9. The first-order chi connectivity index (χ1) is 16.5. The fraction of sp³-hybridized carbons (Fsp3) is 0.240. The summed E-state index contributed by atoms with van der Waals surface area (Å²) in [6.45, 7) is 0.0519. The number of methoxy groups -OCH3 is 3. The molecular formula is C25H27BrN4O4. The lowest BCUT2D eigenvalue weighted by Crippen LogP contribution is -2.47. The molecule has 0 bridgehead atoms. The number of carbonyl (C=O) groups excluding carboxylic acids is 1. The van der Waals surface area contributed by atoms with Crippen molar-refractivity contribution in [1.82, 2.24) is 10.3 Å². The number of nitrogens with one attached hydrogen (secondary N) is 2. The van der Waals surface area contributed by atoms with Crippen LogP contribution >= 0.6 is 15.9 Å². The quantitative estimate of drug-likeness (QED) is 0.243. The van der Waals surface area contributed by atoms with Gasteiger partial charge in [-0.3, -0.25) is 15.1 Å². The number of carbonyl (C=O) groups is 1. The summed E-state index contributed by atoms with van der Waals surface area (Å²) in [6.07, 6.45) is -0.398. The topological polar surface area (TPSA) is 98.1 Å². The number of amides is 1. The number of fused-ring (bicyclic) bond motifs is 1. The second-order valence-corrected chi connectivity index (χ2v) is 8.71. The van der Waals surface area contributed by atoms with Crippen molar-refractivity contribution >= 4 is 27.5 Å². The van der Waals surface area contributed by atoms with Gasteiger partial charge in [-0.1, -0.05) is 46.3 Å². The highest BCUT2D eigenvalue weighted by Crippen LogP contribution is 2.47. The number of hydrogen-bond acceptors (Lipinski definition) is 7. The van der Waals surface area contributed by atoms with Crippen molar-refractivity contribution in [3.63, 3.8) is 0 Å². The number of anilines is 1. The van der Waals surface area contributed by atoms with Crippen molar-refractivity contribution in [2.24, 2.45) is 5.84 Å². The molecule has 3 aromatic carbocycles. The van der Waals surface area contributed by atoms with Crippen molar-refractivity contribution in [1.29, 1.82) is 0 Å². The van der Waals surface area contributed by atoms with Crippen LogP contribution in [0.2, 0.25) is 0 Å². The van der Waals surface area contributed by atoms with E-state index >= 15 is 0 Å². The molecule has 4 rings (SSSR count). The molecule has 0 saturated carbocycles. The van der Waals surface area contributed by atoms with Crippen molar-refractivity contribution in [2.45, 2.75) is 12.2 Å². The van der Waals surface area contributed by atoms with Crippen LogP contribution in [0.4, 0.5) is 5.69 Å². The minimum absolute atomic E-state index is 0.0519. The van der Waals surface area contributed by atoms with Crippen LogP contribution in [-0.2, 0) is 4.79 Å². The van der Waals surface area contributed by atoms with E-state index in [1.807, 2.05) is 42.5 Å². The molecule has 0 fully saturated rings. The van der Waals surface area contributed by atoms with Crippen LogP contribution in [-0.4, -0.2) is 38.7 Å². The van der Waals surface area contributed by atoms with E-state index in [0.717, 1.165) is 26.9 Å². The molecule has 9 heteroatoms. The third-order valence-electron chi connectivity index (χ3n) is 5.87. The van der Waals surface area contributed by atoms with Gasteiger partial charge < -0.3 is 19.5 Å². The van der Waals surface area contributed by atoms with E-state index < -0.39 is 6.17 Å². The van der Waals surface area contributed by atoms with E-state index in [2.05, 4.69) is 49.8 Å². The van der Waals surface area contributed by atoms with Gasteiger partial charge in [0.2, 0.25) is 11.7 Å². The van der Waals surface area contributed by atoms with Crippen LogP contribution in [0.3, 0.4) is 0 Å². The van der Waals surface area contributed by atoms with Crippen LogP contribution in [0.25, 0.3) is 0 Å². The Morgan fingerprint density at radius 2 is 1.68 bits per heavy atom. The number of halogens is 1. The number of nitrogens with two attached hydrogens (primary N) is 1. The lowest BCUT2D eigenvalue weighted by Gasteiger charge is -2.44. The van der Waals surface area contributed by atoms with Crippen LogP contribution in [0.1, 0.15) is 28.9 Å². The first kappa shape index (κ1) is 23.9. The molecule has 0 unspecified atom stereocenters. The van der Waals surface area contributed by atoms with Gasteiger partial charge in [-0.25, -0.2) is 5.84 Å². The zero-order valence-electron chi connectivity index (χ0n) is 19.2. The lowest BCUT2D eigenvalue weighted by molar-refractivity contribution is -0.123. The molecule has 4 N–H and O–H groups in total. The standard InChI is InChI=1S/C25H27BrN4O4/c1-32-20-11-16(12-21(33-2)24(20)34-3)25-28-19-10-9-17(26)13-18(19)23(15-7-5-4-6-8-15)30(25)14-22(31)29-27/h4-13,23,25,28H,14,27H2,1-3H3,(H,29,31)/t23-,25+/m1/s1. The van der Waals surface area contributed by atoms with Gasteiger partial charge in [0.05, 0.1) is 33.9 Å². The number of ether oxygens (including phenoxy) is 3. The Morgan fingerprint density at radius 3 is 2.26 bits per heavy atom. The van der Waals surface area contributed by atoms with Gasteiger partial charge in [-0.2, -0.15) is 0 Å². The maximum atomic E-state index is 12.6. The maximum absolute atomic E-state index is 12.6. The molecular weight excluding hydrogens is 500 g/mol. The molecule has 0 saturated heterocycles. The van der Waals surface area contributed by atoms with Gasteiger partial charge in [0.1, 0.15) is 6.17 Å². The highest BCUT2D eigenvalue weighted by Gasteiger charge is 2.38. The third-order valence-corrected chi connectivity index (χ3v) is 6.36. The summed E-state index contributed by atoms with van der Waals surface area (Å²) in [5.74, 6) is 6.74. The third kappa shape index (κ3) is 4.54. The Labute approximate surface area is 207 Å². The molecule has 1 aliphatic heterocycles. The molecule has 178 valence electrons. The van der Waals surface area contributed by atoms with E-state index in [9.17, 15) is 4.79 Å². The highest BCUT2D eigenvalue weighted by molar-refractivity contribution is 9.10. The Bertz CT molecular complexity index is 1150. The Balaban J connectivity index is 1.93. The Morgan fingerprint density at radius 1 is 1.00 bits per heavy atom. The van der Waals surface area contributed by atoms with Crippen molar-refractivity contribution in [3.05, 3.63) is 81.8 Å². The average molecular weight is 527 g/mol. The fourth-order valence-electron chi connectivity index (χ4n) is 4.38. The summed E-state index contributed by atoms with van der Waals surface area (Å²) >= 11 is 3.60. The van der Waals surface area contributed by atoms with Gasteiger partial charge >= 0.3 is 0 Å². The smallest absolute Gasteiger partial charge is 0.248 e. The summed E-state index contributed by atoms with van der Waals surface area (Å²) < 4.78 is 17.6. The number of rotatable bonds is 7. The van der Waals surface area contributed by atoms with E-state index in [1.54, 1.807) is 21.3 Å². The summed E-state index contributed by atoms with van der Waals surface area (Å²) in [6, 6.07) is 19.7. The van der Waals surface area contributed by atoms with Gasteiger partial charge in [-0.15, -0.1) is 0 Å². The lowest BCUT2D eigenvalue weighted by atomic mass is 9.91. The molecule has 0 aliphatic carbocycles. The SMILES string of the molecule is COc1cc([C@H]2Nc3ccc(Br)cc3[C@@H](c3ccccc3)N2CC(=O)NN)cc(OC)c1OC. The monoisotopic (exact) mass is 526 g/mol. The molecule has 1 aliphatic rings. The van der Waals surface area contributed by atoms with Crippen LogP contribution in [0.15, 0.2) is 65.1 Å². The molecule has 1 heterocycles. The van der Waals surface area contributed by atoms with Crippen LogP contribution in [0, 0.1) is 0 Å². The molecule has 0 spiro atoms. The summed E-state index contributed by atoms with van der Waals surface area (Å²) in [7, 11) is 4.72. The van der Waals surface area contributed by atoms with Crippen LogP contribution in [0.5, 0.6) is 17.2 Å². The number of hydrogen-bond donors (Lipinski definition) is 3. The minimum atomic E-state index is -0.398. The first-order valence-electron chi connectivity index (χ1n) is 10.7. The van der Waals surface area contributed by atoms with Crippen molar-refractivity contribution in [3.8, 4) is 17.2 Å². The van der Waals surface area contributed by atoms with Gasteiger partial charge in [0.25, 0.3) is 0 Å². The molecule has 2 atom stereocenters. The predicted octanol–water partition coefficient (Wildman–Crippen LogP) is 3.98. The second-order valence-electron chi connectivity index (χ2n) is 7.79. The Kier molecular flexibility index (Phi) is 7.26. The van der Waals surface area contributed by atoms with Crippen molar-refractivity contribution in [2.75, 3.05) is 33.2 Å². The largest absolute Gasteiger partial charge is 0.493 e. The first-order valence-corrected chi connectivity index (χ1v) is 11.5. The van der Waals surface area contributed by atoms with E-state index in [-0.39, 0.29) is 18.5 Å². The fourth-order valence-corrected chi connectivity index (χ4v) is 4.76. The molecule has 34 heavy (non-hydrogen) atoms. The van der Waals surface area contributed by atoms with Gasteiger partial charge in [0, 0.05) is 10.2 Å². The maximum Gasteiger partial charge on any atom is 0.248 e. The molecule has 3 aromatic rings. The normalized spacial score (nSPS) is 17.3. The van der Waals surface area contributed by atoms with E-state index in [0.29, 0.717) is 17.2 Å². The summed E-state index contributed by atoms with van der Waals surface area (Å²) in [4.78, 5) is 14.6. The van der Waals surface area contributed by atoms with Gasteiger partial charge in [0.15, 0.2) is 11.5 Å². The molecule has 1 amide bonds. The number of hydrazine groups is 1. The second kappa shape index (κ2) is 10.3. The number of benzene rings is 3. The number of nitrogens with zero attached hydrogens (tertiary/aromatic N) is 1. The molecule has 8 nitrogen and oxygen atoms in total. The summed E-state index contributed by atoms with van der Waals surface area (Å²) in [5, 5.41) is 3.59. The van der Waals surface area contributed by atoms with Crippen molar-refractivity contribution < 1.29 is 19.0 Å². The van der Waals surface area contributed by atoms with E-state index in [4.69, 9.17) is 20.1 Å². The zero-order chi connectivity index (χ0) is 24.2.